The third-order valence-electron chi connectivity index (χ3n) is 2.94. The molecule has 2 aromatic rings. The molecule has 0 N–H and O–H groups in total. The Morgan fingerprint density at radius 1 is 1.21 bits per heavy atom. The minimum absolute atomic E-state index is 0.206. The summed E-state index contributed by atoms with van der Waals surface area (Å²) in [6.45, 7) is 6.19. The van der Waals surface area contributed by atoms with Crippen LogP contribution < -0.4 is 4.74 Å². The van der Waals surface area contributed by atoms with Gasteiger partial charge < -0.3 is 4.74 Å². The van der Waals surface area contributed by atoms with Crippen molar-refractivity contribution >= 4 is 11.6 Å². The maximum Gasteiger partial charge on any atom is 0.227 e. The summed E-state index contributed by atoms with van der Waals surface area (Å²) in [5, 5.41) is 0.453. The number of benzene rings is 1. The maximum absolute atomic E-state index is 6.13. The molecule has 0 unspecified atom stereocenters. The van der Waals surface area contributed by atoms with E-state index in [1.54, 1.807) is 0 Å². The predicted octanol–water partition coefficient (Wildman–Crippen LogP) is 4.61. The fraction of sp³-hybridized carbons (Fsp3) is 0.333. The van der Waals surface area contributed by atoms with E-state index in [9.17, 15) is 0 Å². The molecule has 0 saturated carbocycles. The minimum atomic E-state index is 0.206. The molecule has 0 atom stereocenters. The number of ether oxygens (including phenoxy) is 1. The summed E-state index contributed by atoms with van der Waals surface area (Å²) in [5.74, 6) is 1.56. The van der Waals surface area contributed by atoms with Gasteiger partial charge in [-0.1, -0.05) is 50.6 Å². The zero-order valence-electron chi connectivity index (χ0n) is 11.4. The van der Waals surface area contributed by atoms with Crippen molar-refractivity contribution in [2.24, 2.45) is 0 Å². The topological polar surface area (TPSA) is 35.0 Å². The van der Waals surface area contributed by atoms with Crippen LogP contribution in [0.3, 0.4) is 0 Å². The van der Waals surface area contributed by atoms with Crippen LogP contribution in [-0.4, -0.2) is 9.97 Å². The summed E-state index contributed by atoms with van der Waals surface area (Å²) in [5.41, 5.74) is 1.99. The van der Waals surface area contributed by atoms with E-state index >= 15 is 0 Å². The number of nitrogens with zero attached hydrogens (tertiary/aromatic N) is 2. The summed E-state index contributed by atoms with van der Waals surface area (Å²) in [7, 11) is 0. The number of hydrogen-bond acceptors (Lipinski definition) is 3. The van der Waals surface area contributed by atoms with Crippen LogP contribution in [0.4, 0.5) is 0 Å². The molecule has 0 amide bonds. The zero-order chi connectivity index (χ0) is 13.8. The molecule has 2 rings (SSSR count). The smallest absolute Gasteiger partial charge is 0.227 e. The SMILES string of the molecule is CCc1ccccc1Oc1ncnc(Cl)c1C(C)C. The van der Waals surface area contributed by atoms with Crippen molar-refractivity contribution in [2.45, 2.75) is 33.1 Å². The highest BCUT2D eigenvalue weighted by Gasteiger charge is 2.16. The molecule has 1 heterocycles. The average molecular weight is 277 g/mol. The minimum Gasteiger partial charge on any atom is -0.438 e. The number of aryl methyl sites for hydroxylation is 1. The van der Waals surface area contributed by atoms with Crippen molar-refractivity contribution in [1.82, 2.24) is 9.97 Å². The molecule has 0 radical (unpaired) electrons. The lowest BCUT2D eigenvalue weighted by Crippen LogP contribution is -2.00. The third kappa shape index (κ3) is 3.04. The summed E-state index contributed by atoms with van der Waals surface area (Å²) in [6, 6.07) is 7.94. The van der Waals surface area contributed by atoms with Gasteiger partial charge in [0.05, 0.1) is 5.56 Å². The Bertz CT molecular complexity index is 570. The molecule has 19 heavy (non-hydrogen) atoms. The molecule has 0 bridgehead atoms. The van der Waals surface area contributed by atoms with Gasteiger partial charge >= 0.3 is 0 Å². The second-order valence-electron chi connectivity index (χ2n) is 4.60. The van der Waals surface area contributed by atoms with Gasteiger partial charge in [0.2, 0.25) is 5.88 Å². The van der Waals surface area contributed by atoms with E-state index in [1.165, 1.54) is 6.33 Å². The van der Waals surface area contributed by atoms with Gasteiger partial charge in [0.15, 0.2) is 0 Å². The van der Waals surface area contributed by atoms with E-state index in [0.29, 0.717) is 11.0 Å². The second kappa shape index (κ2) is 6.02. The van der Waals surface area contributed by atoms with Gasteiger partial charge in [0, 0.05) is 0 Å². The lowest BCUT2D eigenvalue weighted by atomic mass is 10.1. The van der Waals surface area contributed by atoms with Crippen LogP contribution in [0.15, 0.2) is 30.6 Å². The van der Waals surface area contributed by atoms with E-state index in [1.807, 2.05) is 38.1 Å². The van der Waals surface area contributed by atoms with E-state index in [4.69, 9.17) is 16.3 Å². The summed E-state index contributed by atoms with van der Waals surface area (Å²) >= 11 is 6.13. The highest BCUT2D eigenvalue weighted by molar-refractivity contribution is 6.30. The molecule has 0 aliphatic rings. The second-order valence-corrected chi connectivity index (χ2v) is 4.96. The van der Waals surface area contributed by atoms with Crippen LogP contribution in [-0.2, 0) is 6.42 Å². The molecular weight excluding hydrogens is 260 g/mol. The average Bonchev–Trinajstić information content (AvgIpc) is 2.39. The van der Waals surface area contributed by atoms with Gasteiger partial charge in [-0.2, -0.15) is 0 Å². The molecule has 100 valence electrons. The molecule has 3 nitrogen and oxygen atoms in total. The Balaban J connectivity index is 2.41. The van der Waals surface area contributed by atoms with E-state index in [0.717, 1.165) is 23.3 Å². The van der Waals surface area contributed by atoms with Crippen molar-refractivity contribution in [2.75, 3.05) is 0 Å². The normalized spacial score (nSPS) is 10.8. The Morgan fingerprint density at radius 3 is 2.63 bits per heavy atom. The quantitative estimate of drug-likeness (QED) is 0.765. The van der Waals surface area contributed by atoms with Gasteiger partial charge in [0.1, 0.15) is 17.2 Å². The molecule has 1 aromatic carbocycles. The van der Waals surface area contributed by atoms with Crippen LogP contribution >= 0.6 is 11.6 Å². The molecule has 0 saturated heterocycles. The fourth-order valence-corrected chi connectivity index (χ4v) is 2.27. The van der Waals surface area contributed by atoms with Crippen LogP contribution in [0, 0.1) is 0 Å². The van der Waals surface area contributed by atoms with E-state index in [2.05, 4.69) is 16.9 Å². The van der Waals surface area contributed by atoms with Gasteiger partial charge in [-0.25, -0.2) is 9.97 Å². The van der Waals surface area contributed by atoms with Crippen molar-refractivity contribution in [3.05, 3.63) is 46.9 Å². The maximum atomic E-state index is 6.13. The Kier molecular flexibility index (Phi) is 4.38. The Hall–Kier alpha value is -1.61. The van der Waals surface area contributed by atoms with Crippen molar-refractivity contribution < 1.29 is 4.74 Å². The molecule has 0 aliphatic carbocycles. The summed E-state index contributed by atoms with van der Waals surface area (Å²) in [4.78, 5) is 8.23. The first-order valence-corrected chi connectivity index (χ1v) is 6.77. The van der Waals surface area contributed by atoms with Crippen molar-refractivity contribution in [3.63, 3.8) is 0 Å². The number of rotatable bonds is 4. The van der Waals surface area contributed by atoms with E-state index < -0.39 is 0 Å². The Morgan fingerprint density at radius 2 is 1.95 bits per heavy atom. The molecule has 0 fully saturated rings. The third-order valence-corrected chi connectivity index (χ3v) is 3.24. The highest BCUT2D eigenvalue weighted by atomic mass is 35.5. The largest absolute Gasteiger partial charge is 0.438 e. The monoisotopic (exact) mass is 276 g/mol. The number of aromatic nitrogens is 2. The summed E-state index contributed by atoms with van der Waals surface area (Å²) in [6.07, 6.45) is 2.34. The number of hydrogen-bond donors (Lipinski definition) is 0. The molecular formula is C15H17ClN2O. The number of halogens is 1. The summed E-state index contributed by atoms with van der Waals surface area (Å²) < 4.78 is 5.94. The molecule has 4 heteroatoms. The molecule has 0 aliphatic heterocycles. The number of para-hydroxylation sites is 1. The van der Waals surface area contributed by atoms with Crippen LogP contribution in [0.1, 0.15) is 37.8 Å². The highest BCUT2D eigenvalue weighted by Crippen LogP contribution is 2.33. The van der Waals surface area contributed by atoms with Crippen molar-refractivity contribution in [3.8, 4) is 11.6 Å². The first-order chi connectivity index (χ1) is 9.13. The first kappa shape index (κ1) is 13.8. The fourth-order valence-electron chi connectivity index (χ4n) is 1.93. The van der Waals surface area contributed by atoms with Crippen LogP contribution in [0.5, 0.6) is 11.6 Å². The first-order valence-electron chi connectivity index (χ1n) is 6.39. The predicted molar refractivity (Wildman–Crippen MR) is 77.0 cm³/mol. The van der Waals surface area contributed by atoms with Gasteiger partial charge in [-0.05, 0) is 24.0 Å². The van der Waals surface area contributed by atoms with E-state index in [-0.39, 0.29) is 5.92 Å². The molecule has 1 aromatic heterocycles. The lowest BCUT2D eigenvalue weighted by Gasteiger charge is -2.14. The lowest BCUT2D eigenvalue weighted by molar-refractivity contribution is 0.446. The van der Waals surface area contributed by atoms with Gasteiger partial charge in [-0.3, -0.25) is 0 Å². The van der Waals surface area contributed by atoms with Gasteiger partial charge in [-0.15, -0.1) is 0 Å². The molecule has 0 spiro atoms. The van der Waals surface area contributed by atoms with Crippen molar-refractivity contribution in [1.29, 1.82) is 0 Å². The van der Waals surface area contributed by atoms with Crippen LogP contribution in [0.2, 0.25) is 5.15 Å². The standard InChI is InChI=1S/C15H17ClN2O/c1-4-11-7-5-6-8-12(11)19-15-13(10(2)3)14(16)17-9-18-15/h5-10H,4H2,1-3H3. The van der Waals surface area contributed by atoms with Crippen LogP contribution in [0.25, 0.3) is 0 Å². The van der Waals surface area contributed by atoms with Gasteiger partial charge in [0.25, 0.3) is 0 Å². The Labute approximate surface area is 118 Å². The zero-order valence-corrected chi connectivity index (χ0v) is 12.1.